The summed E-state index contributed by atoms with van der Waals surface area (Å²) < 4.78 is 0. The average molecular weight is 413 g/mol. The fourth-order valence-corrected chi connectivity index (χ4v) is 7.64. The van der Waals surface area contributed by atoms with Crippen molar-refractivity contribution in [3.05, 3.63) is 34.9 Å². The Bertz CT molecular complexity index is 759. The van der Waals surface area contributed by atoms with E-state index < -0.39 is 0 Å². The number of hydrogen-bond acceptors (Lipinski definition) is 2. The summed E-state index contributed by atoms with van der Waals surface area (Å²) >= 11 is 0. The Balaban J connectivity index is 1.62. The van der Waals surface area contributed by atoms with Crippen LogP contribution < -0.4 is 0 Å². The zero-order valence-electron chi connectivity index (χ0n) is 20.1. The number of allylic oxidation sites excluding steroid dienone is 4. The van der Waals surface area contributed by atoms with Gasteiger partial charge in [0.1, 0.15) is 0 Å². The van der Waals surface area contributed by atoms with E-state index in [-0.39, 0.29) is 23.0 Å². The largest absolute Gasteiger partial charge is 0.393 e. The first-order valence-electron chi connectivity index (χ1n) is 12.5. The molecule has 0 heterocycles. The SMILES string of the molecule is CC(C)C(C)C=CC(C)C1CCC2C3=C(C(O)CC21C)C1(C)CCC(O)CC1=CC3. The number of rotatable bonds is 4. The highest BCUT2D eigenvalue weighted by Crippen LogP contribution is 2.64. The molecule has 2 N–H and O–H groups in total. The van der Waals surface area contributed by atoms with Crippen LogP contribution in [0.2, 0.25) is 0 Å². The van der Waals surface area contributed by atoms with Crippen molar-refractivity contribution in [3.63, 3.8) is 0 Å². The number of aliphatic hydroxyl groups excluding tert-OH is 2. The topological polar surface area (TPSA) is 40.5 Å². The van der Waals surface area contributed by atoms with E-state index in [1.165, 1.54) is 24.0 Å². The van der Waals surface area contributed by atoms with E-state index in [1.807, 2.05) is 0 Å². The molecule has 0 bridgehead atoms. The summed E-state index contributed by atoms with van der Waals surface area (Å²) in [5.74, 6) is 3.12. The summed E-state index contributed by atoms with van der Waals surface area (Å²) in [6.07, 6.45) is 13.9. The summed E-state index contributed by atoms with van der Waals surface area (Å²) in [5.41, 5.74) is 4.47. The van der Waals surface area contributed by atoms with Gasteiger partial charge in [-0.3, -0.25) is 0 Å². The first kappa shape index (κ1) is 22.3. The monoisotopic (exact) mass is 412 g/mol. The molecule has 0 aromatic heterocycles. The van der Waals surface area contributed by atoms with Crippen LogP contribution in [0.5, 0.6) is 0 Å². The lowest BCUT2D eigenvalue weighted by Crippen LogP contribution is -2.47. The van der Waals surface area contributed by atoms with Gasteiger partial charge in [0.05, 0.1) is 12.2 Å². The van der Waals surface area contributed by atoms with Crippen molar-refractivity contribution in [1.82, 2.24) is 0 Å². The molecule has 0 aliphatic heterocycles. The average Bonchev–Trinajstić information content (AvgIpc) is 3.02. The molecule has 8 unspecified atom stereocenters. The van der Waals surface area contributed by atoms with Gasteiger partial charge in [0, 0.05) is 5.41 Å². The molecule has 168 valence electrons. The minimum Gasteiger partial charge on any atom is -0.393 e. The minimum absolute atomic E-state index is 0.0239. The molecule has 2 heteroatoms. The summed E-state index contributed by atoms with van der Waals surface area (Å²) in [5, 5.41) is 21.7. The zero-order valence-corrected chi connectivity index (χ0v) is 20.1. The number of fused-ring (bicyclic) bond motifs is 4. The molecule has 0 radical (unpaired) electrons. The molecule has 0 aromatic rings. The van der Waals surface area contributed by atoms with Crippen LogP contribution in [0.3, 0.4) is 0 Å². The van der Waals surface area contributed by atoms with Gasteiger partial charge in [-0.15, -0.1) is 0 Å². The molecule has 2 nitrogen and oxygen atoms in total. The Morgan fingerprint density at radius 2 is 1.77 bits per heavy atom. The predicted molar refractivity (Wildman–Crippen MR) is 125 cm³/mol. The van der Waals surface area contributed by atoms with E-state index in [1.54, 1.807) is 5.57 Å². The van der Waals surface area contributed by atoms with Crippen LogP contribution in [0.4, 0.5) is 0 Å². The lowest BCUT2D eigenvalue weighted by atomic mass is 9.52. The first-order chi connectivity index (χ1) is 14.1. The summed E-state index contributed by atoms with van der Waals surface area (Å²) in [7, 11) is 0. The fourth-order valence-electron chi connectivity index (χ4n) is 7.64. The van der Waals surface area contributed by atoms with Crippen LogP contribution >= 0.6 is 0 Å². The number of aliphatic hydroxyl groups is 2. The van der Waals surface area contributed by atoms with E-state index in [4.69, 9.17) is 0 Å². The van der Waals surface area contributed by atoms with Crippen molar-refractivity contribution in [2.45, 2.75) is 98.7 Å². The molecule has 4 aliphatic carbocycles. The van der Waals surface area contributed by atoms with Crippen molar-refractivity contribution in [1.29, 1.82) is 0 Å². The Labute approximate surface area is 184 Å². The highest BCUT2D eigenvalue weighted by Gasteiger charge is 2.56. The molecule has 0 spiro atoms. The first-order valence-corrected chi connectivity index (χ1v) is 12.5. The molecule has 0 aromatic carbocycles. The maximum atomic E-state index is 11.5. The molecule has 8 atom stereocenters. The minimum atomic E-state index is -0.323. The Morgan fingerprint density at radius 3 is 2.47 bits per heavy atom. The van der Waals surface area contributed by atoms with Crippen LogP contribution in [0, 0.1) is 40.4 Å². The zero-order chi connectivity index (χ0) is 21.8. The van der Waals surface area contributed by atoms with Crippen molar-refractivity contribution >= 4 is 0 Å². The molecular formula is C28H44O2. The smallest absolute Gasteiger partial charge is 0.0766 e. The molecular weight excluding hydrogens is 368 g/mol. The van der Waals surface area contributed by atoms with Gasteiger partial charge < -0.3 is 10.2 Å². The van der Waals surface area contributed by atoms with E-state index >= 15 is 0 Å². The summed E-state index contributed by atoms with van der Waals surface area (Å²) in [6.45, 7) is 14.1. The molecule has 4 aliphatic rings. The van der Waals surface area contributed by atoms with Gasteiger partial charge in [0.2, 0.25) is 0 Å². The standard InChI is InChI=1S/C28H44O2/c1-17(2)18(3)7-8-19(4)23-11-12-24-22-10-9-20-15-21(29)13-14-27(20,5)26(22)25(30)16-28(23,24)6/h7-9,17-19,21,23-25,29-30H,10-16H2,1-6H3. The summed E-state index contributed by atoms with van der Waals surface area (Å²) in [4.78, 5) is 0. The Kier molecular flexibility index (Phi) is 5.90. The van der Waals surface area contributed by atoms with Gasteiger partial charge in [-0.1, -0.05) is 70.9 Å². The second kappa shape index (κ2) is 7.93. The highest BCUT2D eigenvalue weighted by molar-refractivity contribution is 5.45. The molecule has 2 fully saturated rings. The lowest BCUT2D eigenvalue weighted by molar-refractivity contribution is 0.0304. The molecule has 0 saturated heterocycles. The van der Waals surface area contributed by atoms with Gasteiger partial charge in [-0.2, -0.15) is 0 Å². The van der Waals surface area contributed by atoms with Crippen molar-refractivity contribution in [3.8, 4) is 0 Å². The maximum Gasteiger partial charge on any atom is 0.0766 e. The van der Waals surface area contributed by atoms with Crippen LogP contribution in [-0.4, -0.2) is 22.4 Å². The normalized spacial score (nSPS) is 43.3. The van der Waals surface area contributed by atoms with Crippen LogP contribution in [0.1, 0.15) is 86.5 Å². The van der Waals surface area contributed by atoms with Gasteiger partial charge in [-0.05, 0) is 85.5 Å². The van der Waals surface area contributed by atoms with Crippen LogP contribution in [-0.2, 0) is 0 Å². The van der Waals surface area contributed by atoms with Gasteiger partial charge in [-0.25, -0.2) is 0 Å². The van der Waals surface area contributed by atoms with E-state index in [2.05, 4.69) is 59.8 Å². The number of hydrogen-bond donors (Lipinski definition) is 2. The second-order valence-corrected chi connectivity index (χ2v) is 11.9. The van der Waals surface area contributed by atoms with Crippen molar-refractivity contribution in [2.24, 2.45) is 40.4 Å². The Morgan fingerprint density at radius 1 is 1.03 bits per heavy atom. The molecule has 30 heavy (non-hydrogen) atoms. The highest BCUT2D eigenvalue weighted by atomic mass is 16.3. The third-order valence-electron chi connectivity index (χ3n) is 9.85. The van der Waals surface area contributed by atoms with Crippen molar-refractivity contribution < 1.29 is 10.2 Å². The third kappa shape index (κ3) is 3.47. The van der Waals surface area contributed by atoms with E-state index in [9.17, 15) is 10.2 Å². The second-order valence-electron chi connectivity index (χ2n) is 11.9. The van der Waals surface area contributed by atoms with Gasteiger partial charge >= 0.3 is 0 Å². The van der Waals surface area contributed by atoms with E-state index in [0.29, 0.717) is 29.6 Å². The van der Waals surface area contributed by atoms with Crippen LogP contribution in [0.25, 0.3) is 0 Å². The Hall–Kier alpha value is -0.860. The lowest BCUT2D eigenvalue weighted by Gasteiger charge is -2.53. The maximum absolute atomic E-state index is 11.5. The van der Waals surface area contributed by atoms with Gasteiger partial charge in [0.25, 0.3) is 0 Å². The predicted octanol–water partition coefficient (Wildman–Crippen LogP) is 6.45. The molecule has 4 rings (SSSR count). The quantitative estimate of drug-likeness (QED) is 0.521. The van der Waals surface area contributed by atoms with Gasteiger partial charge in [0.15, 0.2) is 0 Å². The third-order valence-corrected chi connectivity index (χ3v) is 9.85. The van der Waals surface area contributed by atoms with E-state index in [0.717, 1.165) is 32.1 Å². The summed E-state index contributed by atoms with van der Waals surface area (Å²) in [6, 6.07) is 0. The molecule has 2 saturated carbocycles. The van der Waals surface area contributed by atoms with Crippen LogP contribution in [0.15, 0.2) is 34.9 Å². The fraction of sp³-hybridized carbons (Fsp3) is 0.786. The molecule has 0 amide bonds. The van der Waals surface area contributed by atoms with Crippen molar-refractivity contribution in [2.75, 3.05) is 0 Å².